The first kappa shape index (κ1) is 11.5. The van der Waals surface area contributed by atoms with Gasteiger partial charge in [0.1, 0.15) is 0 Å². The van der Waals surface area contributed by atoms with E-state index in [-0.39, 0.29) is 0 Å². The zero-order chi connectivity index (χ0) is 12.4. The predicted octanol–water partition coefficient (Wildman–Crippen LogP) is 2.48. The summed E-state index contributed by atoms with van der Waals surface area (Å²) >= 11 is 0. The van der Waals surface area contributed by atoms with Gasteiger partial charge in [0, 0.05) is 12.2 Å². The number of para-hydroxylation sites is 1. The van der Waals surface area contributed by atoms with Crippen molar-refractivity contribution < 1.29 is 0 Å². The maximum atomic E-state index is 4.48. The summed E-state index contributed by atoms with van der Waals surface area (Å²) in [7, 11) is 0. The molecule has 1 N–H and O–H groups in total. The number of nitrogens with zero attached hydrogens (tertiary/aromatic N) is 2. The van der Waals surface area contributed by atoms with E-state index in [4.69, 9.17) is 0 Å². The van der Waals surface area contributed by atoms with Gasteiger partial charge in [-0.3, -0.25) is 0 Å². The predicted molar refractivity (Wildman–Crippen MR) is 73.0 cm³/mol. The van der Waals surface area contributed by atoms with Crippen LogP contribution in [0.2, 0.25) is 0 Å². The molecular formula is C15H19N3. The molecule has 0 amide bonds. The molecule has 3 rings (SSSR count). The van der Waals surface area contributed by atoms with E-state index in [1.54, 1.807) is 0 Å². The Morgan fingerprint density at radius 1 is 1.39 bits per heavy atom. The summed E-state index contributed by atoms with van der Waals surface area (Å²) in [5.41, 5.74) is 3.74. The Balaban J connectivity index is 1.79. The molecule has 1 aliphatic heterocycles. The van der Waals surface area contributed by atoms with E-state index in [1.165, 1.54) is 29.7 Å². The molecule has 94 valence electrons. The van der Waals surface area contributed by atoms with E-state index in [9.17, 15) is 0 Å². The smallest absolute Gasteiger partial charge is 0.0674 e. The van der Waals surface area contributed by atoms with Crippen LogP contribution >= 0.6 is 0 Å². The molecule has 1 unspecified atom stereocenters. The van der Waals surface area contributed by atoms with Crippen LogP contribution in [0.25, 0.3) is 5.69 Å². The Morgan fingerprint density at radius 3 is 3.06 bits per heavy atom. The summed E-state index contributed by atoms with van der Waals surface area (Å²) in [6.07, 6.45) is 7.83. The van der Waals surface area contributed by atoms with Gasteiger partial charge in [0.2, 0.25) is 0 Å². The SMILES string of the molecule is Cc1ccccc1-n1cc(CC2CCCN2)cn1. The average Bonchev–Trinajstić information content (AvgIpc) is 3.02. The Hall–Kier alpha value is -1.61. The van der Waals surface area contributed by atoms with Crippen molar-refractivity contribution in [2.45, 2.75) is 32.2 Å². The molecule has 0 spiro atoms. The number of hydrogen-bond donors (Lipinski definition) is 1. The van der Waals surface area contributed by atoms with Crippen LogP contribution in [0.3, 0.4) is 0 Å². The van der Waals surface area contributed by atoms with Gasteiger partial charge >= 0.3 is 0 Å². The fourth-order valence-electron chi connectivity index (χ4n) is 2.63. The first-order valence-corrected chi connectivity index (χ1v) is 6.66. The third kappa shape index (κ3) is 2.31. The highest BCUT2D eigenvalue weighted by molar-refractivity contribution is 5.39. The van der Waals surface area contributed by atoms with Crippen molar-refractivity contribution in [2.75, 3.05) is 6.54 Å². The molecule has 0 saturated carbocycles. The number of hydrogen-bond acceptors (Lipinski definition) is 2. The molecule has 18 heavy (non-hydrogen) atoms. The van der Waals surface area contributed by atoms with Crippen LogP contribution in [0.1, 0.15) is 24.0 Å². The van der Waals surface area contributed by atoms with E-state index >= 15 is 0 Å². The number of rotatable bonds is 3. The zero-order valence-electron chi connectivity index (χ0n) is 10.8. The molecule has 0 radical (unpaired) electrons. The third-order valence-corrected chi connectivity index (χ3v) is 3.64. The summed E-state index contributed by atoms with van der Waals surface area (Å²) in [5.74, 6) is 0. The molecule has 1 atom stereocenters. The minimum absolute atomic E-state index is 0.638. The average molecular weight is 241 g/mol. The van der Waals surface area contributed by atoms with Crippen LogP contribution in [0.15, 0.2) is 36.7 Å². The molecule has 1 aliphatic rings. The van der Waals surface area contributed by atoms with Gasteiger partial charge in [-0.2, -0.15) is 5.10 Å². The first-order valence-electron chi connectivity index (χ1n) is 6.66. The van der Waals surface area contributed by atoms with Crippen LogP contribution in [-0.2, 0) is 6.42 Å². The molecule has 2 aromatic rings. The van der Waals surface area contributed by atoms with E-state index in [2.05, 4.69) is 47.8 Å². The lowest BCUT2D eigenvalue weighted by Gasteiger charge is -2.07. The molecule has 3 nitrogen and oxygen atoms in total. The van der Waals surface area contributed by atoms with E-state index < -0.39 is 0 Å². The molecule has 1 saturated heterocycles. The molecular weight excluding hydrogens is 222 g/mol. The Bertz CT molecular complexity index is 524. The fraction of sp³-hybridized carbons (Fsp3) is 0.400. The maximum Gasteiger partial charge on any atom is 0.0674 e. The molecule has 1 aromatic carbocycles. The highest BCUT2D eigenvalue weighted by atomic mass is 15.3. The van der Waals surface area contributed by atoms with Crippen LogP contribution in [-0.4, -0.2) is 22.4 Å². The maximum absolute atomic E-state index is 4.48. The van der Waals surface area contributed by atoms with Gasteiger partial charge in [0.25, 0.3) is 0 Å². The van der Waals surface area contributed by atoms with Crippen LogP contribution in [0.5, 0.6) is 0 Å². The lowest BCUT2D eigenvalue weighted by molar-refractivity contribution is 0.603. The van der Waals surface area contributed by atoms with Crippen LogP contribution < -0.4 is 5.32 Å². The summed E-state index contributed by atoms with van der Waals surface area (Å²) in [6, 6.07) is 8.99. The number of nitrogens with one attached hydrogen (secondary N) is 1. The van der Waals surface area contributed by atoms with Gasteiger partial charge in [0.05, 0.1) is 11.9 Å². The number of aryl methyl sites for hydroxylation is 1. The molecule has 1 aromatic heterocycles. The van der Waals surface area contributed by atoms with Crippen LogP contribution in [0, 0.1) is 6.92 Å². The monoisotopic (exact) mass is 241 g/mol. The molecule has 3 heteroatoms. The van der Waals surface area contributed by atoms with Crippen molar-refractivity contribution in [3.8, 4) is 5.69 Å². The lowest BCUT2D eigenvalue weighted by Crippen LogP contribution is -2.23. The second-order valence-corrected chi connectivity index (χ2v) is 5.08. The van der Waals surface area contributed by atoms with Crippen molar-refractivity contribution in [3.63, 3.8) is 0 Å². The minimum Gasteiger partial charge on any atom is -0.314 e. The van der Waals surface area contributed by atoms with E-state index in [0.29, 0.717) is 6.04 Å². The first-order chi connectivity index (χ1) is 8.83. The lowest BCUT2D eigenvalue weighted by atomic mass is 10.1. The van der Waals surface area contributed by atoms with Crippen molar-refractivity contribution in [2.24, 2.45) is 0 Å². The highest BCUT2D eigenvalue weighted by Crippen LogP contribution is 2.15. The Kier molecular flexibility index (Phi) is 3.15. The van der Waals surface area contributed by atoms with E-state index in [0.717, 1.165) is 13.0 Å². The number of benzene rings is 1. The van der Waals surface area contributed by atoms with Gasteiger partial charge in [-0.05, 0) is 49.9 Å². The highest BCUT2D eigenvalue weighted by Gasteiger charge is 2.15. The third-order valence-electron chi connectivity index (χ3n) is 3.64. The van der Waals surface area contributed by atoms with Crippen molar-refractivity contribution >= 4 is 0 Å². The molecule has 0 bridgehead atoms. The largest absolute Gasteiger partial charge is 0.314 e. The van der Waals surface area contributed by atoms with Gasteiger partial charge in [-0.25, -0.2) is 4.68 Å². The molecule has 2 heterocycles. The van der Waals surface area contributed by atoms with Crippen LogP contribution in [0.4, 0.5) is 0 Å². The number of aromatic nitrogens is 2. The molecule has 0 aliphatic carbocycles. The zero-order valence-corrected chi connectivity index (χ0v) is 10.8. The van der Waals surface area contributed by atoms with Crippen molar-refractivity contribution in [3.05, 3.63) is 47.8 Å². The molecule has 1 fully saturated rings. The van der Waals surface area contributed by atoms with Gasteiger partial charge in [-0.1, -0.05) is 18.2 Å². The fourth-order valence-corrected chi connectivity index (χ4v) is 2.63. The van der Waals surface area contributed by atoms with Gasteiger partial charge in [0.15, 0.2) is 0 Å². The van der Waals surface area contributed by atoms with E-state index in [1.807, 2.05) is 10.9 Å². The summed E-state index contributed by atoms with van der Waals surface area (Å²) in [4.78, 5) is 0. The summed E-state index contributed by atoms with van der Waals surface area (Å²) < 4.78 is 1.99. The Morgan fingerprint density at radius 2 is 2.28 bits per heavy atom. The quantitative estimate of drug-likeness (QED) is 0.894. The normalized spacial score (nSPS) is 19.3. The Labute approximate surface area is 108 Å². The summed E-state index contributed by atoms with van der Waals surface area (Å²) in [5, 5.41) is 8.01. The second kappa shape index (κ2) is 4.94. The van der Waals surface area contributed by atoms with Gasteiger partial charge < -0.3 is 5.32 Å². The second-order valence-electron chi connectivity index (χ2n) is 5.08. The van der Waals surface area contributed by atoms with Crippen molar-refractivity contribution in [1.82, 2.24) is 15.1 Å². The minimum atomic E-state index is 0.638. The summed E-state index contributed by atoms with van der Waals surface area (Å²) in [6.45, 7) is 3.28. The van der Waals surface area contributed by atoms with Crippen molar-refractivity contribution in [1.29, 1.82) is 0 Å². The van der Waals surface area contributed by atoms with Gasteiger partial charge in [-0.15, -0.1) is 0 Å². The topological polar surface area (TPSA) is 29.9 Å². The standard InChI is InChI=1S/C15H19N3/c1-12-5-2-3-7-15(12)18-11-13(10-17-18)9-14-6-4-8-16-14/h2-3,5,7,10-11,14,16H,4,6,8-9H2,1H3.